The van der Waals surface area contributed by atoms with Gasteiger partial charge >= 0.3 is 6.03 Å². The van der Waals surface area contributed by atoms with Gasteiger partial charge in [0.15, 0.2) is 5.75 Å². The first-order valence-electron chi connectivity index (χ1n) is 6.25. The zero-order valence-corrected chi connectivity index (χ0v) is 12.8. The Labute approximate surface area is 129 Å². The van der Waals surface area contributed by atoms with E-state index < -0.39 is 27.8 Å². The molecule has 3 N–H and O–H groups in total. The number of hydrogen-bond donors (Lipinski definition) is 3. The molecule has 21 heavy (non-hydrogen) atoms. The summed E-state index contributed by atoms with van der Waals surface area (Å²) < 4.78 is 22.0. The van der Waals surface area contributed by atoms with Gasteiger partial charge in [0.2, 0.25) is 0 Å². The monoisotopic (exact) mass is 329 g/mol. The van der Waals surface area contributed by atoms with Crippen molar-refractivity contribution in [1.82, 2.24) is 5.32 Å². The molecular weight excluding hydrogens is 316 g/mol. The molecule has 0 saturated carbocycles. The van der Waals surface area contributed by atoms with Gasteiger partial charge in [0.25, 0.3) is 0 Å². The molecule has 2 amide bonds. The second-order valence-electron chi connectivity index (χ2n) is 4.68. The fourth-order valence-corrected chi connectivity index (χ4v) is 2.99. The zero-order valence-electron chi connectivity index (χ0n) is 11.2. The summed E-state index contributed by atoms with van der Waals surface area (Å²) in [5.74, 6) is -0.579. The van der Waals surface area contributed by atoms with E-state index in [1.165, 1.54) is 12.1 Å². The van der Waals surface area contributed by atoms with Crippen molar-refractivity contribution in [3.63, 3.8) is 0 Å². The molecule has 1 aliphatic rings. The number of carbonyl (C=O) groups is 1. The molecule has 8 heteroatoms. The second kappa shape index (κ2) is 6.46. The normalized spacial score (nSPS) is 19.0. The van der Waals surface area contributed by atoms with Crippen molar-refractivity contribution in [3.8, 4) is 5.75 Å². The maximum Gasteiger partial charge on any atom is 0.319 e. The van der Waals surface area contributed by atoms with Gasteiger partial charge in [-0.3, -0.25) is 4.21 Å². The van der Waals surface area contributed by atoms with Crippen LogP contribution >= 0.6 is 11.6 Å². The Hall–Kier alpha value is -1.57. The predicted molar refractivity (Wildman–Crippen MR) is 79.2 cm³/mol. The number of carbonyl (C=O) groups excluding carboxylic acids is 1. The molecule has 0 fully saturated rings. The number of amides is 2. The lowest BCUT2D eigenvalue weighted by atomic mass is 10.2. The first-order chi connectivity index (χ1) is 9.90. The molecule has 1 aliphatic carbocycles. The van der Waals surface area contributed by atoms with Gasteiger partial charge in [0.1, 0.15) is 0 Å². The molecule has 0 saturated heterocycles. The number of nitrogens with one attached hydrogen (secondary N) is 2. The van der Waals surface area contributed by atoms with E-state index in [2.05, 4.69) is 10.6 Å². The lowest BCUT2D eigenvalue weighted by Gasteiger charge is -2.17. The molecule has 2 atom stereocenters. The topological polar surface area (TPSA) is 101 Å². The number of allylic oxidation sites excluding steroid dienone is 1. The molecule has 114 valence electrons. The Balaban J connectivity index is 2.13. The van der Waals surface area contributed by atoms with E-state index in [4.69, 9.17) is 11.6 Å². The van der Waals surface area contributed by atoms with Crippen LogP contribution in [0.4, 0.5) is 10.5 Å². The standard InChI is InChI=1S/C13H15ClN2O4S/c1-7-3-2-4-9(7)15-13(18)16-10-6-5-8(14)12(11(10)17)21(19)20/h3,5-6,9,17H,2,4H2,1H3,(H,19,20)(H2,15,16,18)/p-1/t9-/m1/s1. The summed E-state index contributed by atoms with van der Waals surface area (Å²) in [6, 6.07) is 2.07. The molecule has 1 aromatic rings. The third-order valence-electron chi connectivity index (χ3n) is 3.27. The lowest BCUT2D eigenvalue weighted by Crippen LogP contribution is -2.37. The van der Waals surface area contributed by atoms with Crippen LogP contribution in [-0.2, 0) is 11.1 Å². The summed E-state index contributed by atoms with van der Waals surface area (Å²) in [7, 11) is 0. The van der Waals surface area contributed by atoms with Crippen molar-refractivity contribution in [2.24, 2.45) is 0 Å². The van der Waals surface area contributed by atoms with Crippen molar-refractivity contribution in [2.45, 2.75) is 30.7 Å². The van der Waals surface area contributed by atoms with Crippen LogP contribution in [0.3, 0.4) is 0 Å². The minimum absolute atomic E-state index is 0.0178. The molecule has 1 aromatic carbocycles. The molecule has 2 rings (SSSR count). The van der Waals surface area contributed by atoms with Gasteiger partial charge in [-0.15, -0.1) is 0 Å². The van der Waals surface area contributed by atoms with Crippen molar-refractivity contribution in [1.29, 1.82) is 0 Å². The fraction of sp³-hybridized carbons (Fsp3) is 0.308. The Kier molecular flexibility index (Phi) is 4.87. The highest BCUT2D eigenvalue weighted by atomic mass is 35.5. The van der Waals surface area contributed by atoms with E-state index in [9.17, 15) is 18.7 Å². The Morgan fingerprint density at radius 1 is 1.52 bits per heavy atom. The Bertz CT molecular complexity index is 633. The number of anilines is 1. The first-order valence-corrected chi connectivity index (χ1v) is 7.70. The van der Waals surface area contributed by atoms with E-state index in [1.807, 2.05) is 13.0 Å². The summed E-state index contributed by atoms with van der Waals surface area (Å²) in [6.07, 6.45) is 3.77. The van der Waals surface area contributed by atoms with Crippen molar-refractivity contribution < 1.29 is 18.7 Å². The lowest BCUT2D eigenvalue weighted by molar-refractivity contribution is 0.249. The first kappa shape index (κ1) is 15.8. The van der Waals surface area contributed by atoms with Crippen molar-refractivity contribution in [3.05, 3.63) is 28.8 Å². The highest BCUT2D eigenvalue weighted by molar-refractivity contribution is 7.79. The number of phenolic OH excluding ortho intramolecular Hbond substituents is 1. The van der Waals surface area contributed by atoms with Gasteiger partial charge in [-0.1, -0.05) is 23.3 Å². The van der Waals surface area contributed by atoms with Gasteiger partial charge in [-0.05, 0) is 43.0 Å². The van der Waals surface area contributed by atoms with Crippen LogP contribution < -0.4 is 10.6 Å². The molecule has 0 aromatic heterocycles. The number of urea groups is 1. The van der Waals surface area contributed by atoms with Crippen LogP contribution in [0.1, 0.15) is 19.8 Å². The quantitative estimate of drug-likeness (QED) is 0.450. The summed E-state index contributed by atoms with van der Waals surface area (Å²) in [5.41, 5.74) is 1.06. The summed E-state index contributed by atoms with van der Waals surface area (Å²) in [5, 5.41) is 14.9. The minimum atomic E-state index is -2.70. The van der Waals surface area contributed by atoms with Gasteiger partial charge in [0, 0.05) is 0 Å². The second-order valence-corrected chi connectivity index (χ2v) is 5.97. The number of rotatable bonds is 3. The smallest absolute Gasteiger partial charge is 0.319 e. The van der Waals surface area contributed by atoms with Crippen LogP contribution in [0.5, 0.6) is 5.75 Å². The summed E-state index contributed by atoms with van der Waals surface area (Å²) in [6.45, 7) is 1.93. The largest absolute Gasteiger partial charge is 0.768 e. The van der Waals surface area contributed by atoms with Gasteiger partial charge in [-0.2, -0.15) is 0 Å². The predicted octanol–water partition coefficient (Wildman–Crippen LogP) is 2.51. The average molecular weight is 330 g/mol. The molecule has 0 aliphatic heterocycles. The molecule has 1 unspecified atom stereocenters. The van der Waals surface area contributed by atoms with Crippen LogP contribution in [0.2, 0.25) is 5.02 Å². The van der Waals surface area contributed by atoms with E-state index in [0.29, 0.717) is 0 Å². The highest BCUT2D eigenvalue weighted by Crippen LogP contribution is 2.35. The zero-order chi connectivity index (χ0) is 15.6. The Morgan fingerprint density at radius 3 is 2.81 bits per heavy atom. The number of aromatic hydroxyl groups is 1. The molecule has 0 heterocycles. The third-order valence-corrected chi connectivity index (χ3v) is 4.45. The highest BCUT2D eigenvalue weighted by Gasteiger charge is 2.19. The Morgan fingerprint density at radius 2 is 2.24 bits per heavy atom. The van der Waals surface area contributed by atoms with E-state index in [-0.39, 0.29) is 16.8 Å². The molecule has 6 nitrogen and oxygen atoms in total. The summed E-state index contributed by atoms with van der Waals surface area (Å²) >= 11 is 3.00. The van der Waals surface area contributed by atoms with Gasteiger partial charge in [-0.25, -0.2) is 4.79 Å². The number of halogens is 1. The average Bonchev–Trinajstić information content (AvgIpc) is 2.78. The maximum absolute atomic E-state index is 11.9. The number of hydrogen-bond acceptors (Lipinski definition) is 4. The van der Waals surface area contributed by atoms with Crippen molar-refractivity contribution in [2.75, 3.05) is 5.32 Å². The van der Waals surface area contributed by atoms with Crippen LogP contribution in [0, 0.1) is 0 Å². The van der Waals surface area contributed by atoms with Gasteiger partial charge in [0.05, 0.1) is 21.6 Å². The van der Waals surface area contributed by atoms with Crippen LogP contribution in [0.25, 0.3) is 0 Å². The number of benzene rings is 1. The van der Waals surface area contributed by atoms with Gasteiger partial charge < -0.3 is 20.3 Å². The molecular formula is C13H14ClN2O4S-. The van der Waals surface area contributed by atoms with E-state index in [1.54, 1.807) is 0 Å². The summed E-state index contributed by atoms with van der Waals surface area (Å²) in [4.78, 5) is 11.4. The SMILES string of the molecule is CC1=CCC[C@H]1NC(=O)Nc1ccc(Cl)c(S(=O)[O-])c1O. The van der Waals surface area contributed by atoms with E-state index in [0.717, 1.165) is 18.4 Å². The van der Waals surface area contributed by atoms with Crippen LogP contribution in [-0.4, -0.2) is 25.9 Å². The molecule has 0 spiro atoms. The number of phenols is 1. The third kappa shape index (κ3) is 3.55. The molecule has 0 radical (unpaired) electrons. The van der Waals surface area contributed by atoms with E-state index >= 15 is 0 Å². The van der Waals surface area contributed by atoms with Crippen LogP contribution in [0.15, 0.2) is 28.7 Å². The van der Waals surface area contributed by atoms with Crippen molar-refractivity contribution >= 4 is 34.4 Å². The minimum Gasteiger partial charge on any atom is -0.768 e. The molecule has 0 bridgehead atoms. The fourth-order valence-electron chi connectivity index (χ4n) is 2.16. The maximum atomic E-state index is 11.9.